The molecule has 7 aliphatic heterocycles. The lowest BCUT2D eigenvalue weighted by Gasteiger charge is -2.41. The van der Waals surface area contributed by atoms with Crippen molar-refractivity contribution in [2.75, 3.05) is 72.0 Å². The summed E-state index contributed by atoms with van der Waals surface area (Å²) >= 11 is 0. The van der Waals surface area contributed by atoms with Gasteiger partial charge >= 0.3 is 0 Å². The van der Waals surface area contributed by atoms with Crippen molar-refractivity contribution in [2.24, 2.45) is 75.6 Å². The maximum absolute atomic E-state index is 16.3. The largest absolute Gasteiger partial charge is 0.368 e. The van der Waals surface area contributed by atoms with E-state index in [1.54, 1.807) is 19.6 Å². The van der Waals surface area contributed by atoms with Gasteiger partial charge in [0.25, 0.3) is 0 Å². The second-order valence-electron chi connectivity index (χ2n) is 42.5. The van der Waals surface area contributed by atoms with Gasteiger partial charge in [-0.05, 0) is 273 Å². The van der Waals surface area contributed by atoms with E-state index < -0.39 is 180 Å². The van der Waals surface area contributed by atoms with Crippen LogP contribution in [0, 0.1) is 35.5 Å². The lowest BCUT2D eigenvalue weighted by molar-refractivity contribution is -0.153. The number of carbonyl (C=O) groups is 16. The number of likely N-dealkylation sites (tertiary alicyclic amines) is 3. The second-order valence-corrected chi connectivity index (χ2v) is 42.5. The van der Waals surface area contributed by atoms with E-state index in [9.17, 15) is 24.0 Å². The minimum atomic E-state index is -1.29. The number of carbonyl (C=O) groups excluding carboxylic acids is 16. The third-order valence-corrected chi connectivity index (χ3v) is 32.8. The highest BCUT2D eigenvalue weighted by Crippen LogP contribution is 2.46. The summed E-state index contributed by atoms with van der Waals surface area (Å²) in [6, 6.07) is 14.9. The molecule has 38 heteroatoms. The number of benzene rings is 4. The Hall–Kier alpha value is -11.8. The van der Waals surface area contributed by atoms with Gasteiger partial charge in [-0.25, -0.2) is 0 Å². The van der Waals surface area contributed by atoms with Crippen molar-refractivity contribution < 1.29 is 76.7 Å². The van der Waals surface area contributed by atoms with Gasteiger partial charge in [-0.3, -0.25) is 76.7 Å². The minimum absolute atomic E-state index is 0.000321. The van der Waals surface area contributed by atoms with Crippen LogP contribution in [0.3, 0.4) is 0 Å². The molecule has 16 amide bonds. The van der Waals surface area contributed by atoms with E-state index in [1.807, 2.05) is 97.1 Å². The van der Waals surface area contributed by atoms with E-state index in [0.717, 1.165) is 89.5 Å². The Labute approximate surface area is 862 Å². The van der Waals surface area contributed by atoms with Crippen LogP contribution in [0.5, 0.6) is 0 Å². The molecule has 14 rings (SSSR count). The number of nitrogens with one attached hydrogen (secondary N) is 8. The first-order chi connectivity index (χ1) is 71.1. The lowest BCUT2D eigenvalue weighted by atomic mass is 9.78. The summed E-state index contributed by atoms with van der Waals surface area (Å²) in [6.07, 6.45) is 15.4. The Morgan fingerprint density at radius 2 is 0.558 bits per heavy atom. The first kappa shape index (κ1) is 111. The molecule has 800 valence electrons. The minimum Gasteiger partial charge on any atom is -0.368 e. The average molecular weight is 2030 g/mol. The molecular formula is C109H158N22O16. The molecule has 0 radical (unpaired) electrons. The standard InChI is InChI=1S/C109H158N22O16/c1-67(132)117-58-92(133)125-60-72-32-6-3-29-69(72)55-89(125)107(145)130-65-77-37-12-15-41-81(77)96(130)104(142)124-87(47-21-27-53-115)106(144)128-63-75-35-9-5-31-71(75)57-91(128)109(147)129-64-76-36-10-13-39-79(76)94(129)102(140)118-59-93(134)126-61-73-33-7-4-30-70(73)56-90(126)108(146)131-66-78-38-11-14-40-80(78)95(131)103(141)123-86(46-20-26-52-114)105(143)127-62-74-34-8-2-28-68(74)54-88(127)101(139)122-85(45-19-25-51-113)100(138)121-84(44-18-24-50-112)99(137)120-83(43-17-23-49-111)98(136)119-82(97(116)135)42-16-22-48-110/h2-9,28-35,76-91,94-96H,10-27,36-66,110-115H2,1H3,(H2,116,135)(H,117,132)(H,118,140)(H,119,136)(H,120,137)(H,121,138)(H,122,139)(H,123,141)(H,124,142)/t76?,77?,78?,79?,80?,81?,82-,83-,84-,85-,86-,87-,88-,89-,90?,91-,94-,95-,96-/m0/s1. The van der Waals surface area contributed by atoms with Gasteiger partial charge in [0, 0.05) is 78.4 Å². The number of nitrogens with two attached hydrogens (primary N) is 7. The number of rotatable bonds is 47. The van der Waals surface area contributed by atoms with Crippen molar-refractivity contribution in [1.29, 1.82) is 0 Å². The number of amides is 16. The van der Waals surface area contributed by atoms with E-state index in [4.69, 9.17) is 40.1 Å². The summed E-state index contributed by atoms with van der Waals surface area (Å²) in [6.45, 7) is 2.76. The summed E-state index contributed by atoms with van der Waals surface area (Å²) in [5, 5.41) is 23.3. The topological polar surface area (TPSA) is 574 Å². The van der Waals surface area contributed by atoms with E-state index in [0.29, 0.717) is 129 Å². The van der Waals surface area contributed by atoms with Gasteiger partial charge in [-0.1, -0.05) is 136 Å². The molecular weight excluding hydrogens is 1870 g/mol. The molecule has 7 unspecified atom stereocenters. The fourth-order valence-electron chi connectivity index (χ4n) is 24.9. The zero-order chi connectivity index (χ0) is 104. The third-order valence-electron chi connectivity index (χ3n) is 32.8. The molecule has 38 nitrogen and oxygen atoms in total. The predicted octanol–water partition coefficient (Wildman–Crippen LogP) is 2.27. The smallest absolute Gasteiger partial charge is 0.246 e. The Morgan fingerprint density at radius 1 is 0.293 bits per heavy atom. The van der Waals surface area contributed by atoms with Crippen LogP contribution in [0.1, 0.15) is 244 Å². The number of hydrogen-bond donors (Lipinski definition) is 15. The molecule has 4 aromatic carbocycles. The Balaban J connectivity index is 0.691. The number of fused-ring (bicyclic) bond motifs is 7. The van der Waals surface area contributed by atoms with Crippen LogP contribution in [0.15, 0.2) is 97.1 Å². The van der Waals surface area contributed by atoms with Gasteiger partial charge in [0.15, 0.2) is 0 Å². The fourth-order valence-corrected chi connectivity index (χ4v) is 24.9. The molecule has 3 aliphatic carbocycles. The van der Waals surface area contributed by atoms with Gasteiger partial charge < -0.3 is 117 Å². The van der Waals surface area contributed by atoms with Gasteiger partial charge in [0.05, 0.1) is 13.1 Å². The SMILES string of the molecule is CC(=O)NCC(=O)N1Cc2ccccc2C[C@H]1C(=O)N1CC2CCCCC2[C@H]1C(=O)N[C@@H](CCCCN)C(=O)N1Cc2ccccc2C[C@H]1C(=O)N1CC2CCCCC2[C@H]1C(=O)NCC(=O)N1Cc2ccccc2CC1C(=O)N1CC2CCCCC2[C@H]1C(=O)N[C@@H](CCCCN)C(=O)N1Cc2ccccc2C[C@H]1C(=O)N[C@@H](CCCCN)C(=O)N[C@@H](CCCCN)C(=O)N[C@@H](CCCCN)C(=O)N[C@@H](CCCCN)C(N)=O. The first-order valence-corrected chi connectivity index (χ1v) is 54.4. The average Bonchev–Trinajstić information content (AvgIpc) is 1.65. The van der Waals surface area contributed by atoms with Crippen molar-refractivity contribution in [3.05, 3.63) is 142 Å². The van der Waals surface area contributed by atoms with Crippen LogP contribution >= 0.6 is 0 Å². The number of unbranched alkanes of at least 4 members (excludes halogenated alkanes) is 6. The molecule has 22 N–H and O–H groups in total. The number of hydrogen-bond acceptors (Lipinski definition) is 22. The summed E-state index contributed by atoms with van der Waals surface area (Å²) < 4.78 is 0. The summed E-state index contributed by atoms with van der Waals surface area (Å²) in [5.74, 6) is -10.4. The maximum atomic E-state index is 16.3. The monoisotopic (exact) mass is 2030 g/mol. The van der Waals surface area contributed by atoms with E-state index in [2.05, 4.69) is 42.5 Å². The molecule has 19 atom stereocenters. The van der Waals surface area contributed by atoms with Gasteiger partial charge in [-0.15, -0.1) is 0 Å². The maximum Gasteiger partial charge on any atom is 0.246 e. The Morgan fingerprint density at radius 3 is 0.891 bits per heavy atom. The van der Waals surface area contributed by atoms with E-state index >= 15 is 52.7 Å². The second kappa shape index (κ2) is 53.4. The van der Waals surface area contributed by atoms with E-state index in [1.165, 1.54) is 21.6 Å². The molecule has 3 saturated carbocycles. The van der Waals surface area contributed by atoms with Gasteiger partial charge in [-0.2, -0.15) is 0 Å². The molecule has 0 spiro atoms. The normalized spacial score (nSPS) is 24.0. The molecule has 147 heavy (non-hydrogen) atoms. The van der Waals surface area contributed by atoms with Crippen LogP contribution in [-0.2, 0) is 129 Å². The first-order valence-electron chi connectivity index (χ1n) is 54.4. The quantitative estimate of drug-likeness (QED) is 0.0282. The van der Waals surface area contributed by atoms with Crippen LogP contribution in [-0.4, -0.2) is 279 Å². The van der Waals surface area contributed by atoms with Crippen molar-refractivity contribution in [1.82, 2.24) is 76.8 Å². The lowest BCUT2D eigenvalue weighted by Crippen LogP contribution is -2.62. The van der Waals surface area contributed by atoms with E-state index in [-0.39, 0.29) is 172 Å². The molecule has 0 bridgehead atoms. The highest BCUT2D eigenvalue weighted by molar-refractivity contribution is 6.02. The Bertz CT molecular complexity index is 5320. The highest BCUT2D eigenvalue weighted by Gasteiger charge is 2.57. The molecule has 3 saturated heterocycles. The van der Waals surface area contributed by atoms with Crippen molar-refractivity contribution in [2.45, 2.75) is 330 Å². The van der Waals surface area contributed by atoms with Crippen LogP contribution in [0.4, 0.5) is 0 Å². The molecule has 7 heterocycles. The summed E-state index contributed by atoms with van der Waals surface area (Å²) in [4.78, 5) is 253. The zero-order valence-corrected chi connectivity index (χ0v) is 85.6. The third kappa shape index (κ3) is 27.3. The summed E-state index contributed by atoms with van der Waals surface area (Å²) in [5.41, 5.74) is 48.0. The molecule has 6 fully saturated rings. The number of primary amides is 1. The zero-order valence-electron chi connectivity index (χ0n) is 85.6. The van der Waals surface area contributed by atoms with Gasteiger partial charge in [0.2, 0.25) is 94.5 Å². The summed E-state index contributed by atoms with van der Waals surface area (Å²) in [7, 11) is 0. The molecule has 4 aromatic rings. The fraction of sp³-hybridized carbons (Fsp3) is 0.633. The van der Waals surface area contributed by atoms with Crippen molar-refractivity contribution >= 4 is 94.5 Å². The predicted molar refractivity (Wildman–Crippen MR) is 551 cm³/mol. The number of nitrogens with zero attached hydrogens (tertiary/aromatic N) is 7. The highest BCUT2D eigenvalue weighted by atomic mass is 16.2. The van der Waals surface area contributed by atoms with Crippen LogP contribution < -0.4 is 82.7 Å². The molecule has 10 aliphatic rings. The van der Waals surface area contributed by atoms with Crippen LogP contribution in [0.25, 0.3) is 0 Å². The van der Waals surface area contributed by atoms with Gasteiger partial charge in [0.1, 0.15) is 78.5 Å². The van der Waals surface area contributed by atoms with Crippen molar-refractivity contribution in [3.63, 3.8) is 0 Å². The van der Waals surface area contributed by atoms with Crippen molar-refractivity contribution in [3.8, 4) is 0 Å². The Kier molecular flexibility index (Phi) is 40.2. The molecule has 0 aromatic heterocycles. The van der Waals surface area contributed by atoms with Crippen LogP contribution in [0.2, 0.25) is 0 Å².